The fourth-order valence-electron chi connectivity index (χ4n) is 2.66. The molecular weight excluding hydrogens is 310 g/mol. The molecule has 0 saturated heterocycles. The number of nitrogens with zero attached hydrogens (tertiary/aromatic N) is 3. The molecule has 1 unspecified atom stereocenters. The summed E-state index contributed by atoms with van der Waals surface area (Å²) in [5, 5.41) is 11.0. The van der Waals surface area contributed by atoms with Crippen molar-refractivity contribution in [2.24, 2.45) is 0 Å². The predicted octanol–water partition coefficient (Wildman–Crippen LogP) is 3.00. The van der Waals surface area contributed by atoms with E-state index in [0.717, 1.165) is 11.1 Å². The summed E-state index contributed by atoms with van der Waals surface area (Å²) in [5.74, 6) is 0.0407. The van der Waals surface area contributed by atoms with Gasteiger partial charge in [-0.05, 0) is 40.4 Å². The van der Waals surface area contributed by atoms with Gasteiger partial charge in [-0.15, -0.1) is 0 Å². The third-order valence-corrected chi connectivity index (χ3v) is 4.04. The molecule has 1 aromatic carbocycles. The minimum atomic E-state index is -0.607. The maximum absolute atomic E-state index is 12.7. The van der Waals surface area contributed by atoms with Crippen LogP contribution in [0.4, 0.5) is 11.6 Å². The highest BCUT2D eigenvalue weighted by Gasteiger charge is 2.38. The Morgan fingerprint density at radius 1 is 1.29 bits per heavy atom. The number of rotatable bonds is 4. The normalized spacial score (nSPS) is 16.5. The van der Waals surface area contributed by atoms with Gasteiger partial charge in [-0.2, -0.15) is 0 Å². The quantitative estimate of drug-likeness (QED) is 0.636. The van der Waals surface area contributed by atoms with Crippen LogP contribution >= 0.6 is 0 Å². The first kappa shape index (κ1) is 15.9. The SMILES string of the molecule is CCC1Oc2ccc([N+](=O)[O-])nc2N(Cc2ccccc2C)C1=O. The molecule has 2 heterocycles. The third-order valence-electron chi connectivity index (χ3n) is 4.04. The third kappa shape index (κ3) is 2.80. The molecular formula is C17H17N3O4. The van der Waals surface area contributed by atoms with Crippen molar-refractivity contribution in [1.29, 1.82) is 0 Å². The zero-order valence-electron chi connectivity index (χ0n) is 13.4. The number of aromatic nitrogens is 1. The van der Waals surface area contributed by atoms with E-state index < -0.39 is 11.0 Å². The second kappa shape index (κ2) is 6.27. The Kier molecular flexibility index (Phi) is 4.16. The van der Waals surface area contributed by atoms with Gasteiger partial charge in [0.05, 0.1) is 6.54 Å². The van der Waals surface area contributed by atoms with Gasteiger partial charge in [0.1, 0.15) is 0 Å². The minimum absolute atomic E-state index is 0.196. The van der Waals surface area contributed by atoms with Gasteiger partial charge in [0.25, 0.3) is 11.7 Å². The lowest BCUT2D eigenvalue weighted by Crippen LogP contribution is -2.45. The second-order valence-corrected chi connectivity index (χ2v) is 5.61. The lowest BCUT2D eigenvalue weighted by molar-refractivity contribution is -0.389. The first-order chi connectivity index (χ1) is 11.5. The summed E-state index contributed by atoms with van der Waals surface area (Å²) in [6, 6.07) is 10.5. The van der Waals surface area contributed by atoms with Gasteiger partial charge in [0.2, 0.25) is 0 Å². The largest absolute Gasteiger partial charge is 0.474 e. The van der Waals surface area contributed by atoms with Crippen LogP contribution in [0, 0.1) is 17.0 Å². The first-order valence-electron chi connectivity index (χ1n) is 7.69. The summed E-state index contributed by atoms with van der Waals surface area (Å²) in [5.41, 5.74) is 2.00. The summed E-state index contributed by atoms with van der Waals surface area (Å²) in [6.45, 7) is 4.12. The van der Waals surface area contributed by atoms with E-state index in [1.807, 2.05) is 38.1 Å². The second-order valence-electron chi connectivity index (χ2n) is 5.61. The molecule has 7 heteroatoms. The van der Waals surface area contributed by atoms with Crippen LogP contribution in [0.1, 0.15) is 24.5 Å². The van der Waals surface area contributed by atoms with Gasteiger partial charge in [0, 0.05) is 6.07 Å². The van der Waals surface area contributed by atoms with Gasteiger partial charge in [-0.25, -0.2) is 0 Å². The molecule has 1 amide bonds. The zero-order chi connectivity index (χ0) is 17.3. The fraction of sp³-hybridized carbons (Fsp3) is 0.294. The summed E-state index contributed by atoms with van der Waals surface area (Å²) in [6.07, 6.45) is -0.0933. The number of benzene rings is 1. The number of hydrogen-bond acceptors (Lipinski definition) is 5. The molecule has 0 fully saturated rings. The number of ether oxygens (including phenoxy) is 1. The van der Waals surface area contributed by atoms with E-state index in [9.17, 15) is 14.9 Å². The van der Waals surface area contributed by atoms with Crippen LogP contribution < -0.4 is 9.64 Å². The molecule has 0 bridgehead atoms. The summed E-state index contributed by atoms with van der Waals surface area (Å²) in [7, 11) is 0. The van der Waals surface area contributed by atoms with Crippen molar-refractivity contribution in [3.63, 3.8) is 0 Å². The van der Waals surface area contributed by atoms with Crippen LogP contribution in [0.25, 0.3) is 0 Å². The number of carbonyl (C=O) groups excluding carboxylic acids is 1. The number of carbonyl (C=O) groups is 1. The number of anilines is 1. The fourth-order valence-corrected chi connectivity index (χ4v) is 2.66. The highest BCUT2D eigenvalue weighted by Crippen LogP contribution is 2.35. The van der Waals surface area contributed by atoms with Crippen molar-refractivity contribution in [2.75, 3.05) is 4.90 Å². The lowest BCUT2D eigenvalue weighted by Gasteiger charge is -2.31. The van der Waals surface area contributed by atoms with Crippen molar-refractivity contribution >= 4 is 17.5 Å². The molecule has 0 aliphatic carbocycles. The van der Waals surface area contributed by atoms with Crippen LogP contribution in [0.3, 0.4) is 0 Å². The summed E-state index contributed by atoms with van der Waals surface area (Å²) >= 11 is 0. The molecule has 0 radical (unpaired) electrons. The lowest BCUT2D eigenvalue weighted by atomic mass is 10.1. The number of fused-ring (bicyclic) bond motifs is 1. The molecule has 1 aliphatic heterocycles. The Morgan fingerprint density at radius 2 is 2.04 bits per heavy atom. The van der Waals surface area contributed by atoms with E-state index in [2.05, 4.69) is 4.98 Å². The number of nitro groups is 1. The Labute approximate surface area is 139 Å². The predicted molar refractivity (Wildman–Crippen MR) is 88.0 cm³/mol. The van der Waals surface area contributed by atoms with Gasteiger partial charge in [0.15, 0.2) is 11.9 Å². The molecule has 0 N–H and O–H groups in total. The Bertz CT molecular complexity index is 806. The smallest absolute Gasteiger partial charge is 0.366 e. The molecule has 0 saturated carbocycles. The minimum Gasteiger partial charge on any atom is -0.474 e. The highest BCUT2D eigenvalue weighted by molar-refractivity contribution is 5.99. The molecule has 1 atom stereocenters. The van der Waals surface area contributed by atoms with Crippen LogP contribution in [0.2, 0.25) is 0 Å². The van der Waals surface area contributed by atoms with E-state index in [0.29, 0.717) is 18.7 Å². The van der Waals surface area contributed by atoms with E-state index in [-0.39, 0.29) is 17.5 Å². The van der Waals surface area contributed by atoms with Gasteiger partial charge in [-0.3, -0.25) is 9.69 Å². The number of hydrogen-bond donors (Lipinski definition) is 0. The molecule has 1 aliphatic rings. The standard InChI is InChI=1S/C17H17N3O4/c1-3-13-17(21)19(10-12-7-5-4-6-11(12)2)16-14(24-13)8-9-15(18-16)20(22)23/h4-9,13H,3,10H2,1-2H3. The Balaban J connectivity index is 2.06. The van der Waals surface area contributed by atoms with Crippen molar-refractivity contribution in [1.82, 2.24) is 4.98 Å². The number of pyridine rings is 1. The molecule has 124 valence electrons. The van der Waals surface area contributed by atoms with Crippen LogP contribution in [0.5, 0.6) is 5.75 Å². The molecule has 1 aromatic heterocycles. The molecule has 24 heavy (non-hydrogen) atoms. The maximum Gasteiger partial charge on any atom is 0.366 e. The summed E-state index contributed by atoms with van der Waals surface area (Å²) in [4.78, 5) is 28.6. The first-order valence-corrected chi connectivity index (χ1v) is 7.69. The monoisotopic (exact) mass is 327 g/mol. The average Bonchev–Trinajstić information content (AvgIpc) is 2.58. The highest BCUT2D eigenvalue weighted by atomic mass is 16.6. The molecule has 3 rings (SSSR count). The van der Waals surface area contributed by atoms with Crippen LogP contribution in [0.15, 0.2) is 36.4 Å². The zero-order valence-corrected chi connectivity index (χ0v) is 13.4. The van der Waals surface area contributed by atoms with E-state index in [1.54, 1.807) is 0 Å². The average molecular weight is 327 g/mol. The molecule has 0 spiro atoms. The van der Waals surface area contributed by atoms with Crippen LogP contribution in [-0.4, -0.2) is 21.9 Å². The van der Waals surface area contributed by atoms with Crippen molar-refractivity contribution < 1.29 is 14.5 Å². The number of amides is 1. The molecule has 2 aromatic rings. The van der Waals surface area contributed by atoms with Crippen LogP contribution in [-0.2, 0) is 11.3 Å². The van der Waals surface area contributed by atoms with E-state index >= 15 is 0 Å². The van der Waals surface area contributed by atoms with E-state index in [4.69, 9.17) is 4.74 Å². The Hall–Kier alpha value is -2.96. The van der Waals surface area contributed by atoms with Crippen molar-refractivity contribution in [3.8, 4) is 5.75 Å². The molecule has 7 nitrogen and oxygen atoms in total. The van der Waals surface area contributed by atoms with Crippen molar-refractivity contribution in [2.45, 2.75) is 32.9 Å². The van der Waals surface area contributed by atoms with E-state index in [1.165, 1.54) is 17.0 Å². The maximum atomic E-state index is 12.7. The topological polar surface area (TPSA) is 85.6 Å². The van der Waals surface area contributed by atoms with Gasteiger partial charge in [-0.1, -0.05) is 31.2 Å². The van der Waals surface area contributed by atoms with Gasteiger partial charge < -0.3 is 14.9 Å². The summed E-state index contributed by atoms with van der Waals surface area (Å²) < 4.78 is 5.65. The van der Waals surface area contributed by atoms with Crippen molar-refractivity contribution in [3.05, 3.63) is 57.6 Å². The Morgan fingerprint density at radius 3 is 2.71 bits per heavy atom. The van der Waals surface area contributed by atoms with Gasteiger partial charge >= 0.3 is 5.82 Å². The number of aryl methyl sites for hydroxylation is 1.